The first-order chi connectivity index (χ1) is 7.10. The van der Waals surface area contributed by atoms with Crippen LogP contribution in [0.2, 0.25) is 0 Å². The van der Waals surface area contributed by atoms with Crippen molar-refractivity contribution in [3.05, 3.63) is 34.2 Å². The van der Waals surface area contributed by atoms with E-state index in [0.717, 1.165) is 28.7 Å². The van der Waals surface area contributed by atoms with Gasteiger partial charge < -0.3 is 10.1 Å². The van der Waals surface area contributed by atoms with Crippen molar-refractivity contribution in [1.29, 1.82) is 0 Å². The second-order valence-corrected chi connectivity index (χ2v) is 5.19. The predicted molar refractivity (Wildman–Crippen MR) is 62.7 cm³/mol. The summed E-state index contributed by atoms with van der Waals surface area (Å²) in [6.45, 7) is 2.03. The molecule has 1 saturated carbocycles. The van der Waals surface area contributed by atoms with E-state index in [1.807, 2.05) is 25.3 Å². The molecule has 3 rings (SSSR count). The Kier molecular flexibility index (Phi) is 1.77. The molecule has 0 bridgehead atoms. The molecule has 0 spiro atoms. The lowest BCUT2D eigenvalue weighted by atomic mass is 10.1. The highest BCUT2D eigenvalue weighted by Crippen LogP contribution is 2.44. The van der Waals surface area contributed by atoms with E-state index in [2.05, 4.69) is 25.3 Å². The number of halogens is 1. The monoisotopic (exact) mass is 265 g/mol. The van der Waals surface area contributed by atoms with Crippen molar-refractivity contribution in [2.45, 2.75) is 25.3 Å². The van der Waals surface area contributed by atoms with Gasteiger partial charge >= 0.3 is 0 Å². The number of imidazole rings is 1. The normalized spacial score (nSPS) is 18.3. The molecule has 2 heterocycles. The molecule has 0 atom stereocenters. The first kappa shape index (κ1) is 9.36. The van der Waals surface area contributed by atoms with Crippen LogP contribution in [0.3, 0.4) is 0 Å². The van der Waals surface area contributed by atoms with Gasteiger partial charge in [0, 0.05) is 10.7 Å². The van der Waals surface area contributed by atoms with E-state index < -0.39 is 0 Å². The minimum atomic E-state index is -0.135. The zero-order chi connectivity index (χ0) is 10.6. The lowest BCUT2D eigenvalue weighted by Crippen LogP contribution is -2.22. The van der Waals surface area contributed by atoms with E-state index in [4.69, 9.17) is 5.73 Å². The number of nitrogens with two attached hydrogens (primary N) is 1. The third kappa shape index (κ3) is 1.32. The van der Waals surface area contributed by atoms with Crippen LogP contribution < -0.4 is 5.73 Å². The van der Waals surface area contributed by atoms with Gasteiger partial charge in [-0.2, -0.15) is 0 Å². The molecule has 0 aromatic carbocycles. The summed E-state index contributed by atoms with van der Waals surface area (Å²) in [5.41, 5.74) is 9.31. The molecule has 1 aliphatic rings. The Morgan fingerprint density at radius 1 is 1.47 bits per heavy atom. The molecule has 1 aliphatic carbocycles. The Balaban J connectivity index is 2.35. The zero-order valence-corrected chi connectivity index (χ0v) is 10.1. The second-order valence-electron chi connectivity index (χ2n) is 4.28. The summed E-state index contributed by atoms with van der Waals surface area (Å²) in [5, 5.41) is 0. The van der Waals surface area contributed by atoms with Gasteiger partial charge in [0.2, 0.25) is 0 Å². The number of hydrogen-bond acceptors (Lipinski definition) is 2. The molecule has 0 amide bonds. The SMILES string of the molecule is Cc1nc2ccc(Br)cn2c1C1(N)CC1. The predicted octanol–water partition coefficient (Wildman–Crippen LogP) is 2.35. The van der Waals surface area contributed by atoms with Crippen molar-refractivity contribution in [2.24, 2.45) is 5.73 Å². The second kappa shape index (κ2) is 2.83. The van der Waals surface area contributed by atoms with Gasteiger partial charge in [-0.1, -0.05) is 0 Å². The number of aryl methyl sites for hydroxylation is 1. The summed E-state index contributed by atoms with van der Waals surface area (Å²) in [5.74, 6) is 0. The van der Waals surface area contributed by atoms with Crippen LogP contribution in [0.4, 0.5) is 0 Å². The minimum absolute atomic E-state index is 0.135. The van der Waals surface area contributed by atoms with Gasteiger partial charge in [0.15, 0.2) is 0 Å². The first-order valence-corrected chi connectivity index (χ1v) is 5.83. The molecule has 3 nitrogen and oxygen atoms in total. The maximum atomic E-state index is 6.25. The molecule has 0 aliphatic heterocycles. The Hall–Kier alpha value is -0.870. The molecular weight excluding hydrogens is 254 g/mol. The van der Waals surface area contributed by atoms with E-state index in [0.29, 0.717) is 0 Å². The van der Waals surface area contributed by atoms with Crippen LogP contribution in [0.5, 0.6) is 0 Å². The van der Waals surface area contributed by atoms with Crippen molar-refractivity contribution in [3.8, 4) is 0 Å². The highest BCUT2D eigenvalue weighted by molar-refractivity contribution is 9.10. The van der Waals surface area contributed by atoms with Crippen LogP contribution in [0, 0.1) is 6.92 Å². The zero-order valence-electron chi connectivity index (χ0n) is 8.50. The fourth-order valence-electron chi connectivity index (χ4n) is 2.11. The summed E-state index contributed by atoms with van der Waals surface area (Å²) >= 11 is 3.47. The van der Waals surface area contributed by atoms with Crippen LogP contribution in [0.25, 0.3) is 5.65 Å². The fraction of sp³-hybridized carbons (Fsp3) is 0.364. The highest BCUT2D eigenvalue weighted by Gasteiger charge is 2.43. The third-order valence-electron chi connectivity index (χ3n) is 3.02. The van der Waals surface area contributed by atoms with Gasteiger partial charge in [-0.25, -0.2) is 4.98 Å². The highest BCUT2D eigenvalue weighted by atomic mass is 79.9. The Morgan fingerprint density at radius 3 is 2.87 bits per heavy atom. The Bertz CT molecular complexity index is 540. The number of nitrogens with zero attached hydrogens (tertiary/aromatic N) is 2. The maximum Gasteiger partial charge on any atom is 0.137 e. The van der Waals surface area contributed by atoms with E-state index in [-0.39, 0.29) is 5.54 Å². The smallest absolute Gasteiger partial charge is 0.137 e. The van der Waals surface area contributed by atoms with Crippen molar-refractivity contribution in [1.82, 2.24) is 9.38 Å². The van der Waals surface area contributed by atoms with E-state index >= 15 is 0 Å². The molecule has 1 fully saturated rings. The van der Waals surface area contributed by atoms with E-state index in [9.17, 15) is 0 Å². The average molecular weight is 266 g/mol. The lowest BCUT2D eigenvalue weighted by Gasteiger charge is -2.09. The Morgan fingerprint density at radius 2 is 2.20 bits per heavy atom. The summed E-state index contributed by atoms with van der Waals surface area (Å²) < 4.78 is 3.16. The van der Waals surface area contributed by atoms with Gasteiger partial charge in [0.1, 0.15) is 5.65 Å². The van der Waals surface area contributed by atoms with Crippen LogP contribution in [0.1, 0.15) is 24.2 Å². The molecular formula is C11H12BrN3. The van der Waals surface area contributed by atoms with Gasteiger partial charge in [0.25, 0.3) is 0 Å². The molecule has 2 aromatic heterocycles. The van der Waals surface area contributed by atoms with Crippen molar-refractivity contribution in [2.75, 3.05) is 0 Å². The summed E-state index contributed by atoms with van der Waals surface area (Å²) in [4.78, 5) is 4.52. The first-order valence-electron chi connectivity index (χ1n) is 5.04. The van der Waals surface area contributed by atoms with Gasteiger partial charge in [-0.05, 0) is 47.8 Å². The molecule has 0 saturated heterocycles. The Labute approximate surface area is 96.4 Å². The van der Waals surface area contributed by atoms with Crippen LogP contribution in [0.15, 0.2) is 22.8 Å². The molecule has 15 heavy (non-hydrogen) atoms. The molecule has 2 aromatic rings. The topological polar surface area (TPSA) is 43.3 Å². The van der Waals surface area contributed by atoms with Gasteiger partial charge in [0.05, 0.1) is 16.9 Å². The quantitative estimate of drug-likeness (QED) is 0.861. The fourth-order valence-corrected chi connectivity index (χ4v) is 2.44. The third-order valence-corrected chi connectivity index (χ3v) is 3.49. The number of pyridine rings is 1. The number of hydrogen-bond donors (Lipinski definition) is 1. The van der Waals surface area contributed by atoms with Crippen molar-refractivity contribution < 1.29 is 0 Å². The lowest BCUT2D eigenvalue weighted by molar-refractivity contribution is 0.691. The molecule has 0 unspecified atom stereocenters. The molecule has 0 radical (unpaired) electrons. The van der Waals surface area contributed by atoms with Crippen LogP contribution >= 0.6 is 15.9 Å². The standard InChI is InChI=1S/C11H12BrN3/c1-7-10(11(13)4-5-11)15-6-8(12)2-3-9(15)14-7/h2-3,6H,4-5,13H2,1H3. The maximum absolute atomic E-state index is 6.25. The van der Waals surface area contributed by atoms with Crippen LogP contribution in [-0.2, 0) is 5.54 Å². The summed E-state index contributed by atoms with van der Waals surface area (Å²) in [6.07, 6.45) is 4.17. The van der Waals surface area contributed by atoms with Gasteiger partial charge in [-0.15, -0.1) is 0 Å². The summed E-state index contributed by atoms with van der Waals surface area (Å²) in [6, 6.07) is 4.01. The molecule has 2 N–H and O–H groups in total. The molecule has 4 heteroatoms. The van der Waals surface area contributed by atoms with E-state index in [1.165, 1.54) is 5.69 Å². The van der Waals surface area contributed by atoms with Crippen LogP contribution in [-0.4, -0.2) is 9.38 Å². The number of rotatable bonds is 1. The summed E-state index contributed by atoms with van der Waals surface area (Å²) in [7, 11) is 0. The number of fused-ring (bicyclic) bond motifs is 1. The van der Waals surface area contributed by atoms with Crippen molar-refractivity contribution in [3.63, 3.8) is 0 Å². The van der Waals surface area contributed by atoms with E-state index in [1.54, 1.807) is 0 Å². The molecule has 78 valence electrons. The largest absolute Gasteiger partial charge is 0.320 e. The number of aromatic nitrogens is 2. The average Bonchev–Trinajstić information content (AvgIpc) is 2.80. The van der Waals surface area contributed by atoms with Crippen molar-refractivity contribution >= 4 is 21.6 Å². The minimum Gasteiger partial charge on any atom is -0.320 e. The van der Waals surface area contributed by atoms with Gasteiger partial charge in [-0.3, -0.25) is 0 Å².